The predicted octanol–water partition coefficient (Wildman–Crippen LogP) is -5.08. The van der Waals surface area contributed by atoms with Crippen molar-refractivity contribution in [1.29, 1.82) is 0 Å². The number of aliphatic hydroxyl groups is 1. The molecule has 18 nitrogen and oxygen atoms in total. The fraction of sp³-hybridized carbons (Fsp3) is 0.571. The summed E-state index contributed by atoms with van der Waals surface area (Å²) in [6.07, 6.45) is 3.36. The van der Waals surface area contributed by atoms with Crippen molar-refractivity contribution in [3.8, 4) is 0 Å². The van der Waals surface area contributed by atoms with Gasteiger partial charge >= 0.3 is 5.97 Å². The molecule has 18 heteroatoms. The monoisotopic (exact) mass is 554 g/mol. The Labute approximate surface area is 224 Å². The molecule has 1 aromatic rings. The average molecular weight is 555 g/mol. The number of aliphatic hydroxyl groups excluding tert-OH is 1. The van der Waals surface area contributed by atoms with Crippen LogP contribution in [0, 0.1) is 0 Å². The van der Waals surface area contributed by atoms with E-state index in [4.69, 9.17) is 28.7 Å². The molecule has 3 amide bonds. The number of carbonyl (C=O) groups excluding carboxylic acids is 3. The Hall–Kier alpha value is -4.45. The van der Waals surface area contributed by atoms with Crippen LogP contribution in [0.15, 0.2) is 22.5 Å². The third kappa shape index (κ3) is 13.1. The number of carbonyl (C=O) groups is 4. The summed E-state index contributed by atoms with van der Waals surface area (Å²) >= 11 is 0. The molecule has 0 saturated carbocycles. The van der Waals surface area contributed by atoms with E-state index in [1.807, 2.05) is 0 Å². The number of aromatic amines is 1. The third-order valence-corrected chi connectivity index (χ3v) is 5.28. The number of carboxylic acid groups (broad SMARTS) is 1. The van der Waals surface area contributed by atoms with Gasteiger partial charge in [0.25, 0.3) is 0 Å². The molecule has 1 heterocycles. The highest BCUT2D eigenvalue weighted by Crippen LogP contribution is 2.06. The Balaban J connectivity index is 3.05. The van der Waals surface area contributed by atoms with Crippen LogP contribution in [0.3, 0.4) is 0 Å². The number of nitrogens with zero attached hydrogens (tertiary/aromatic N) is 3. The van der Waals surface area contributed by atoms with Crippen LogP contribution in [0.25, 0.3) is 0 Å². The molecule has 0 aliphatic rings. The number of nitrogens with one attached hydrogen (secondary N) is 4. The Bertz CT molecular complexity index is 992. The van der Waals surface area contributed by atoms with E-state index in [1.54, 1.807) is 0 Å². The van der Waals surface area contributed by atoms with E-state index in [0.29, 0.717) is 5.69 Å². The quantitative estimate of drug-likeness (QED) is 0.0461. The van der Waals surface area contributed by atoms with Crippen molar-refractivity contribution in [2.24, 2.45) is 38.7 Å². The molecule has 218 valence electrons. The van der Waals surface area contributed by atoms with Crippen molar-refractivity contribution in [2.75, 3.05) is 19.7 Å². The topological polar surface area (TPSA) is 328 Å². The maximum Gasteiger partial charge on any atom is 0.326 e. The number of hydrogen-bond donors (Lipinski definition) is 11. The molecule has 4 unspecified atom stereocenters. The first kappa shape index (κ1) is 32.6. The van der Waals surface area contributed by atoms with Gasteiger partial charge in [-0.05, 0) is 25.7 Å². The standard InChI is InChI=1S/C21H38N12O6/c22-12(9-34)16(35)33-15(7-11-8-27-10-30-11)18(37)31-13(3-1-5-28-20(23)24)17(36)32-14(19(38)39)4-2-6-29-21(25)26/h8,10,12-15,34H,1-7,9,22H2,(H,27,30)(H,31,37)(H,32,36)(H,33,35)(H,38,39)(H4,23,24,28)(H4,25,26,29). The number of rotatable bonds is 18. The average Bonchev–Trinajstić information content (AvgIpc) is 3.39. The first-order valence-corrected chi connectivity index (χ1v) is 12.0. The molecule has 39 heavy (non-hydrogen) atoms. The molecule has 0 aromatic carbocycles. The zero-order valence-corrected chi connectivity index (χ0v) is 21.4. The number of carboxylic acids is 1. The van der Waals surface area contributed by atoms with Crippen LogP contribution in [-0.2, 0) is 25.6 Å². The molecule has 0 aliphatic carbocycles. The SMILES string of the molecule is NC(N)=NCCCC(NC(=O)C(CCCN=C(N)N)NC(=O)C(Cc1cnc[nH]1)NC(=O)C(N)CO)C(=O)O. The molecule has 1 aromatic heterocycles. The second-order valence-corrected chi connectivity index (χ2v) is 8.49. The third-order valence-electron chi connectivity index (χ3n) is 5.28. The number of H-pyrrole nitrogens is 1. The first-order chi connectivity index (χ1) is 18.4. The lowest BCUT2D eigenvalue weighted by atomic mass is 10.1. The van der Waals surface area contributed by atoms with Crippen molar-refractivity contribution in [3.05, 3.63) is 18.2 Å². The second-order valence-electron chi connectivity index (χ2n) is 8.49. The van der Waals surface area contributed by atoms with E-state index in [1.165, 1.54) is 12.5 Å². The number of hydrogen-bond acceptors (Lipinski definition) is 9. The van der Waals surface area contributed by atoms with Gasteiger partial charge in [-0.3, -0.25) is 24.4 Å². The van der Waals surface area contributed by atoms with Crippen LogP contribution in [0.4, 0.5) is 0 Å². The fourth-order valence-electron chi connectivity index (χ4n) is 3.27. The van der Waals surface area contributed by atoms with Crippen LogP contribution < -0.4 is 44.6 Å². The van der Waals surface area contributed by atoms with Gasteiger partial charge in [0.1, 0.15) is 24.2 Å². The summed E-state index contributed by atoms with van der Waals surface area (Å²) in [5, 5.41) is 26.1. The number of aliphatic imine (C=N–C) groups is 2. The fourth-order valence-corrected chi connectivity index (χ4v) is 3.27. The summed E-state index contributed by atoms with van der Waals surface area (Å²) in [4.78, 5) is 64.6. The minimum absolute atomic E-state index is 0.0179. The number of aliphatic carboxylic acids is 1. The number of nitrogens with two attached hydrogens (primary N) is 5. The molecule has 0 spiro atoms. The van der Waals surface area contributed by atoms with E-state index < -0.39 is 54.5 Å². The normalized spacial score (nSPS) is 13.7. The maximum atomic E-state index is 13.2. The molecule has 0 aliphatic heterocycles. The molecular formula is C21H38N12O6. The molecule has 4 atom stereocenters. The van der Waals surface area contributed by atoms with Gasteiger partial charge in [0.2, 0.25) is 17.7 Å². The Morgan fingerprint density at radius 1 is 0.872 bits per heavy atom. The van der Waals surface area contributed by atoms with E-state index >= 15 is 0 Å². The van der Waals surface area contributed by atoms with E-state index in [0.717, 1.165) is 0 Å². The summed E-state index contributed by atoms with van der Waals surface area (Å²) in [6.45, 7) is -0.353. The lowest BCUT2D eigenvalue weighted by Gasteiger charge is -2.25. The van der Waals surface area contributed by atoms with E-state index in [9.17, 15) is 29.4 Å². The van der Waals surface area contributed by atoms with Crippen molar-refractivity contribution in [1.82, 2.24) is 25.9 Å². The van der Waals surface area contributed by atoms with Gasteiger partial charge in [0.15, 0.2) is 11.9 Å². The molecule has 1 rings (SSSR count). The van der Waals surface area contributed by atoms with Crippen molar-refractivity contribution < 1.29 is 29.4 Å². The number of amides is 3. The second kappa shape index (κ2) is 17.1. The van der Waals surface area contributed by atoms with Gasteiger partial charge in [0, 0.05) is 31.4 Å². The zero-order chi connectivity index (χ0) is 29.4. The summed E-state index contributed by atoms with van der Waals surface area (Å²) in [6, 6.07) is -4.99. The highest BCUT2D eigenvalue weighted by molar-refractivity contribution is 5.94. The maximum absolute atomic E-state index is 13.2. The Morgan fingerprint density at radius 3 is 1.87 bits per heavy atom. The van der Waals surface area contributed by atoms with Crippen molar-refractivity contribution in [2.45, 2.75) is 56.3 Å². The summed E-state index contributed by atoms with van der Waals surface area (Å²) in [5.41, 5.74) is 27.2. The van der Waals surface area contributed by atoms with Crippen molar-refractivity contribution >= 4 is 35.6 Å². The Morgan fingerprint density at radius 2 is 1.38 bits per heavy atom. The van der Waals surface area contributed by atoms with Crippen LogP contribution in [-0.4, -0.2) is 99.7 Å². The minimum atomic E-state index is -1.29. The van der Waals surface area contributed by atoms with Gasteiger partial charge in [-0.25, -0.2) is 9.78 Å². The van der Waals surface area contributed by atoms with Crippen LogP contribution in [0.5, 0.6) is 0 Å². The molecule has 0 radical (unpaired) electrons. The van der Waals surface area contributed by atoms with Crippen LogP contribution in [0.2, 0.25) is 0 Å². The van der Waals surface area contributed by atoms with Gasteiger partial charge in [-0.15, -0.1) is 0 Å². The first-order valence-electron chi connectivity index (χ1n) is 12.0. The highest BCUT2D eigenvalue weighted by atomic mass is 16.4. The van der Waals surface area contributed by atoms with Gasteiger partial charge in [-0.1, -0.05) is 0 Å². The predicted molar refractivity (Wildman–Crippen MR) is 141 cm³/mol. The van der Waals surface area contributed by atoms with Crippen molar-refractivity contribution in [3.63, 3.8) is 0 Å². The number of guanidine groups is 2. The van der Waals surface area contributed by atoms with E-state index in [2.05, 4.69) is 35.9 Å². The number of imidazole rings is 1. The molecule has 0 fully saturated rings. The summed E-state index contributed by atoms with van der Waals surface area (Å²) in [7, 11) is 0. The van der Waals surface area contributed by atoms with Gasteiger partial charge < -0.3 is 59.8 Å². The zero-order valence-electron chi connectivity index (χ0n) is 21.4. The van der Waals surface area contributed by atoms with E-state index in [-0.39, 0.29) is 57.1 Å². The smallest absolute Gasteiger partial charge is 0.326 e. The molecule has 0 bridgehead atoms. The van der Waals surface area contributed by atoms with Gasteiger partial charge in [0.05, 0.1) is 12.9 Å². The molecule has 0 saturated heterocycles. The summed E-state index contributed by atoms with van der Waals surface area (Å²) < 4.78 is 0. The molecular weight excluding hydrogens is 516 g/mol. The summed E-state index contributed by atoms with van der Waals surface area (Å²) in [5.74, 6) is -3.93. The Kier molecular flexibility index (Phi) is 14.3. The van der Waals surface area contributed by atoms with Gasteiger partial charge in [-0.2, -0.15) is 0 Å². The van der Waals surface area contributed by atoms with Crippen LogP contribution in [0.1, 0.15) is 31.4 Å². The molecule has 16 N–H and O–H groups in total. The largest absolute Gasteiger partial charge is 0.480 e. The lowest BCUT2D eigenvalue weighted by Crippen LogP contribution is -2.58. The number of aromatic nitrogens is 2. The van der Waals surface area contributed by atoms with Crippen LogP contribution >= 0.6 is 0 Å². The highest BCUT2D eigenvalue weighted by Gasteiger charge is 2.30. The minimum Gasteiger partial charge on any atom is -0.480 e. The lowest BCUT2D eigenvalue weighted by molar-refractivity contribution is -0.142.